The predicted molar refractivity (Wildman–Crippen MR) is 117 cm³/mol. The zero-order valence-electron chi connectivity index (χ0n) is 17.8. The predicted octanol–water partition coefficient (Wildman–Crippen LogP) is 2.81. The number of hydrogen-bond acceptors (Lipinski definition) is 6. The average Bonchev–Trinajstić information content (AvgIpc) is 2.93. The van der Waals surface area contributed by atoms with Crippen molar-refractivity contribution in [3.05, 3.63) is 59.2 Å². The monoisotopic (exact) mass is 444 g/mol. The van der Waals surface area contributed by atoms with Gasteiger partial charge in [0.1, 0.15) is 22.9 Å². The maximum Gasteiger partial charge on any atom is 0.268 e. The van der Waals surface area contributed by atoms with Gasteiger partial charge in [-0.3, -0.25) is 9.59 Å². The van der Waals surface area contributed by atoms with E-state index in [0.29, 0.717) is 27.1 Å². The number of ether oxygens (including phenoxy) is 2. The van der Waals surface area contributed by atoms with E-state index >= 15 is 0 Å². The smallest absolute Gasteiger partial charge is 0.268 e. The highest BCUT2D eigenvalue weighted by Crippen LogP contribution is 2.36. The molecule has 164 valence electrons. The van der Waals surface area contributed by atoms with E-state index in [4.69, 9.17) is 9.47 Å². The minimum atomic E-state index is -4.16. The molecular formula is C22H24N2O6S. The molecule has 1 aliphatic heterocycles. The van der Waals surface area contributed by atoms with Crippen LogP contribution in [0.2, 0.25) is 0 Å². The molecule has 9 heteroatoms. The molecule has 1 N–H and O–H groups in total. The Morgan fingerprint density at radius 3 is 2.32 bits per heavy atom. The van der Waals surface area contributed by atoms with Crippen molar-refractivity contribution in [2.24, 2.45) is 0 Å². The summed E-state index contributed by atoms with van der Waals surface area (Å²) in [5, 5.41) is 2.59. The summed E-state index contributed by atoms with van der Waals surface area (Å²) in [6.45, 7) is 2.80. The van der Waals surface area contributed by atoms with Crippen molar-refractivity contribution in [3.8, 4) is 11.5 Å². The highest BCUT2D eigenvalue weighted by molar-refractivity contribution is 7.99. The Labute approximate surface area is 181 Å². The van der Waals surface area contributed by atoms with Crippen molar-refractivity contribution in [2.45, 2.75) is 20.3 Å². The minimum absolute atomic E-state index is 0.0741. The first-order valence-electron chi connectivity index (χ1n) is 9.62. The Bertz CT molecular complexity index is 1150. The third-order valence-electron chi connectivity index (χ3n) is 5.03. The zero-order chi connectivity index (χ0) is 22.8. The Morgan fingerprint density at radius 1 is 1.06 bits per heavy atom. The quantitative estimate of drug-likeness (QED) is 0.705. The number of aryl methyl sites for hydroxylation is 1. The second kappa shape index (κ2) is 8.81. The molecule has 0 fully saturated rings. The second-order valence-corrected chi connectivity index (χ2v) is 8.73. The molecule has 0 bridgehead atoms. The number of hydrogen-bond donors (Lipinski definition) is 1. The lowest BCUT2D eigenvalue weighted by atomic mass is 10.1. The number of anilines is 1. The van der Waals surface area contributed by atoms with Crippen LogP contribution in [0.4, 0.5) is 5.69 Å². The van der Waals surface area contributed by atoms with Gasteiger partial charge >= 0.3 is 0 Å². The van der Waals surface area contributed by atoms with Crippen molar-refractivity contribution >= 4 is 32.4 Å². The summed E-state index contributed by atoms with van der Waals surface area (Å²) in [6.07, 6.45) is 0.811. The lowest BCUT2D eigenvalue weighted by Gasteiger charge is -2.17. The molecule has 0 unspecified atom stereocenters. The maximum atomic E-state index is 13.1. The van der Waals surface area contributed by atoms with E-state index in [-0.39, 0.29) is 10.5 Å². The summed E-state index contributed by atoms with van der Waals surface area (Å²) in [4.78, 5) is 25.2. The molecule has 2 amide bonds. The van der Waals surface area contributed by atoms with Crippen molar-refractivity contribution in [1.29, 1.82) is 0 Å². The van der Waals surface area contributed by atoms with Crippen LogP contribution in [0.1, 0.15) is 25.0 Å². The summed E-state index contributed by atoms with van der Waals surface area (Å²) in [5.74, 6) is -0.512. The largest absolute Gasteiger partial charge is 0.497 e. The Kier molecular flexibility index (Phi) is 6.35. The van der Waals surface area contributed by atoms with Gasteiger partial charge in [0.05, 0.1) is 19.9 Å². The summed E-state index contributed by atoms with van der Waals surface area (Å²) in [5.41, 5.74) is 1.88. The molecule has 8 nitrogen and oxygen atoms in total. The van der Waals surface area contributed by atoms with Crippen LogP contribution in [0.3, 0.4) is 0 Å². The van der Waals surface area contributed by atoms with Crippen molar-refractivity contribution in [2.75, 3.05) is 26.1 Å². The molecule has 0 aromatic heterocycles. The number of nitrogens with one attached hydrogen (secondary N) is 1. The van der Waals surface area contributed by atoms with E-state index < -0.39 is 28.4 Å². The molecule has 0 aliphatic carbocycles. The van der Waals surface area contributed by atoms with E-state index in [1.807, 2.05) is 19.1 Å². The SMILES string of the molecule is CCc1ccc(C2=C(C)C(=O)N(CC(=O)Nc3ccc(OC)cc3OC)S2(=O)=O)cc1. The van der Waals surface area contributed by atoms with Gasteiger partial charge in [-0.05, 0) is 36.6 Å². The summed E-state index contributed by atoms with van der Waals surface area (Å²) < 4.78 is 37.1. The average molecular weight is 445 g/mol. The van der Waals surface area contributed by atoms with Crippen molar-refractivity contribution in [1.82, 2.24) is 4.31 Å². The maximum absolute atomic E-state index is 13.1. The lowest BCUT2D eigenvalue weighted by molar-refractivity contribution is -0.126. The number of benzene rings is 2. The second-order valence-electron chi connectivity index (χ2n) is 6.94. The third-order valence-corrected chi connectivity index (χ3v) is 6.96. The molecule has 31 heavy (non-hydrogen) atoms. The Balaban J connectivity index is 1.83. The summed E-state index contributed by atoms with van der Waals surface area (Å²) in [6, 6.07) is 11.8. The minimum Gasteiger partial charge on any atom is -0.497 e. The van der Waals surface area contributed by atoms with Crippen LogP contribution >= 0.6 is 0 Å². The zero-order valence-corrected chi connectivity index (χ0v) is 18.6. The highest BCUT2D eigenvalue weighted by atomic mass is 32.2. The normalized spacial score (nSPS) is 15.2. The van der Waals surface area contributed by atoms with Gasteiger partial charge in [-0.25, -0.2) is 12.7 Å². The van der Waals surface area contributed by atoms with Gasteiger partial charge in [-0.2, -0.15) is 0 Å². The van der Waals surface area contributed by atoms with Crippen molar-refractivity contribution in [3.63, 3.8) is 0 Å². The third kappa shape index (κ3) is 4.27. The number of rotatable bonds is 7. The van der Waals surface area contributed by atoms with Gasteiger partial charge in [0, 0.05) is 11.6 Å². The number of nitrogens with zero attached hydrogens (tertiary/aromatic N) is 1. The van der Waals surface area contributed by atoms with E-state index in [2.05, 4.69) is 5.32 Å². The first-order chi connectivity index (χ1) is 14.7. The van der Waals surface area contributed by atoms with Crippen LogP contribution in [0.15, 0.2) is 48.0 Å². The Hall–Kier alpha value is -3.33. The highest BCUT2D eigenvalue weighted by Gasteiger charge is 2.43. The molecule has 0 spiro atoms. The Morgan fingerprint density at radius 2 is 1.74 bits per heavy atom. The first-order valence-corrected chi connectivity index (χ1v) is 11.1. The van der Waals surface area contributed by atoms with Gasteiger partial charge < -0.3 is 14.8 Å². The summed E-state index contributed by atoms with van der Waals surface area (Å²) >= 11 is 0. The molecule has 1 heterocycles. The van der Waals surface area contributed by atoms with Crippen LogP contribution in [0.25, 0.3) is 4.91 Å². The lowest BCUT2D eigenvalue weighted by Crippen LogP contribution is -2.38. The van der Waals surface area contributed by atoms with Crippen LogP contribution in [0.5, 0.6) is 11.5 Å². The van der Waals surface area contributed by atoms with Gasteiger partial charge in [0.15, 0.2) is 0 Å². The number of amides is 2. The molecule has 0 atom stereocenters. The molecule has 0 saturated carbocycles. The van der Waals surface area contributed by atoms with Crippen LogP contribution in [-0.2, 0) is 26.0 Å². The number of methoxy groups -OCH3 is 2. The van der Waals surface area contributed by atoms with Crippen molar-refractivity contribution < 1.29 is 27.5 Å². The van der Waals surface area contributed by atoms with E-state index in [1.165, 1.54) is 21.1 Å². The van der Waals surface area contributed by atoms with Gasteiger partial charge in [0.25, 0.3) is 15.9 Å². The fraction of sp³-hybridized carbons (Fsp3) is 0.273. The molecule has 2 aromatic rings. The fourth-order valence-electron chi connectivity index (χ4n) is 3.33. The van der Waals surface area contributed by atoms with Gasteiger partial charge in [-0.15, -0.1) is 0 Å². The molecule has 0 saturated heterocycles. The number of sulfonamides is 1. The van der Waals surface area contributed by atoms with Gasteiger partial charge in [0.2, 0.25) is 5.91 Å². The van der Waals surface area contributed by atoms with E-state index in [9.17, 15) is 18.0 Å². The molecule has 0 radical (unpaired) electrons. The first kappa shape index (κ1) is 22.4. The topological polar surface area (TPSA) is 102 Å². The molecule has 3 rings (SSSR count). The summed E-state index contributed by atoms with van der Waals surface area (Å²) in [7, 11) is -1.23. The number of carbonyl (C=O) groups excluding carboxylic acids is 2. The van der Waals surface area contributed by atoms with E-state index in [0.717, 1.165) is 12.0 Å². The molecule has 1 aliphatic rings. The standard InChI is InChI=1S/C22H24N2O6S/c1-5-15-6-8-16(9-7-15)21-14(2)22(26)24(31(21,27)28)13-20(25)23-18-11-10-17(29-3)12-19(18)30-4/h6-12H,5,13H2,1-4H3,(H,23,25). The van der Waals surface area contributed by atoms with Gasteiger partial charge in [-0.1, -0.05) is 31.2 Å². The molecule has 2 aromatic carbocycles. The van der Waals surface area contributed by atoms with Crippen LogP contribution in [0, 0.1) is 0 Å². The van der Waals surface area contributed by atoms with Crippen LogP contribution < -0.4 is 14.8 Å². The van der Waals surface area contributed by atoms with E-state index in [1.54, 1.807) is 30.3 Å². The fourth-order valence-corrected chi connectivity index (χ4v) is 5.10. The van der Waals surface area contributed by atoms with Crippen LogP contribution in [-0.4, -0.2) is 45.3 Å². The molecular weight excluding hydrogens is 420 g/mol. The number of carbonyl (C=O) groups is 2.